The van der Waals surface area contributed by atoms with Gasteiger partial charge in [-0.05, 0) is 30.2 Å². The lowest BCUT2D eigenvalue weighted by Crippen LogP contribution is -2.33. The van der Waals surface area contributed by atoms with Crippen molar-refractivity contribution in [1.82, 2.24) is 0 Å². The number of hydrogen-bond donors (Lipinski definition) is 0. The van der Waals surface area contributed by atoms with Gasteiger partial charge in [0.2, 0.25) is 11.8 Å². The average molecular weight is 404 g/mol. The van der Waals surface area contributed by atoms with Gasteiger partial charge < -0.3 is 0 Å². The highest BCUT2D eigenvalue weighted by Gasteiger charge is 2.62. The van der Waals surface area contributed by atoms with E-state index in [1.807, 2.05) is 49.4 Å². The summed E-state index contributed by atoms with van der Waals surface area (Å²) >= 11 is 0. The number of imide groups is 1. The number of allylic oxidation sites excluding steroid dienone is 4. The summed E-state index contributed by atoms with van der Waals surface area (Å²) in [5.74, 6) is -3.35. The number of carbonyl (C=O) groups excluding carboxylic acids is 2. The second kappa shape index (κ2) is 6.45. The smallest absolute Gasteiger partial charge is 0.274 e. The van der Waals surface area contributed by atoms with Gasteiger partial charge in [0.25, 0.3) is 5.69 Å². The van der Waals surface area contributed by atoms with Crippen molar-refractivity contribution in [3.8, 4) is 0 Å². The highest BCUT2D eigenvalue weighted by atomic mass is 19.1. The van der Waals surface area contributed by atoms with E-state index < -0.39 is 40.1 Å². The van der Waals surface area contributed by atoms with Crippen molar-refractivity contribution in [2.75, 3.05) is 4.90 Å². The maximum atomic E-state index is 13.5. The molecule has 0 N–H and O–H groups in total. The van der Waals surface area contributed by atoms with Crippen LogP contribution < -0.4 is 4.90 Å². The molecular formula is C23H17FN2O4. The first-order valence-corrected chi connectivity index (χ1v) is 9.66. The lowest BCUT2D eigenvalue weighted by atomic mass is 9.85. The Hall–Kier alpha value is -3.61. The van der Waals surface area contributed by atoms with Gasteiger partial charge in [-0.1, -0.05) is 48.1 Å². The van der Waals surface area contributed by atoms with Gasteiger partial charge in [-0.2, -0.15) is 0 Å². The number of halogens is 1. The Balaban J connectivity index is 1.57. The number of amides is 2. The van der Waals surface area contributed by atoms with Crippen LogP contribution in [0.5, 0.6) is 0 Å². The van der Waals surface area contributed by atoms with Crippen molar-refractivity contribution in [3.63, 3.8) is 0 Å². The first kappa shape index (κ1) is 18.4. The number of fused-ring (bicyclic) bond motifs is 5. The summed E-state index contributed by atoms with van der Waals surface area (Å²) in [5.41, 5.74) is 2.39. The number of benzene rings is 2. The third-order valence-electron chi connectivity index (χ3n) is 6.43. The van der Waals surface area contributed by atoms with E-state index in [-0.39, 0.29) is 17.5 Å². The maximum Gasteiger partial charge on any atom is 0.296 e. The number of rotatable bonds is 3. The van der Waals surface area contributed by atoms with E-state index in [4.69, 9.17) is 0 Å². The molecular weight excluding hydrogens is 387 g/mol. The second-order valence-electron chi connectivity index (χ2n) is 7.84. The van der Waals surface area contributed by atoms with Crippen molar-refractivity contribution >= 4 is 28.8 Å². The molecule has 0 spiro atoms. The van der Waals surface area contributed by atoms with E-state index in [1.165, 1.54) is 0 Å². The van der Waals surface area contributed by atoms with Gasteiger partial charge in [0.15, 0.2) is 0 Å². The van der Waals surface area contributed by atoms with Crippen LogP contribution in [0.25, 0.3) is 5.57 Å². The van der Waals surface area contributed by atoms with Crippen molar-refractivity contribution in [2.45, 2.75) is 6.92 Å². The van der Waals surface area contributed by atoms with Crippen LogP contribution in [0.3, 0.4) is 0 Å². The number of nitro groups is 1. The van der Waals surface area contributed by atoms with Crippen LogP contribution >= 0.6 is 0 Å². The van der Waals surface area contributed by atoms with E-state index in [1.54, 1.807) is 0 Å². The fraction of sp³-hybridized carbons (Fsp3) is 0.217. The quantitative estimate of drug-likeness (QED) is 0.333. The predicted octanol–water partition coefficient (Wildman–Crippen LogP) is 4.13. The molecule has 1 heterocycles. The standard InChI is InChI=1S/C23H17FN2O4/c1-12(13-5-3-2-4-6-13)19-15-8-9-16(19)21-20(15)22(27)25(23(21)28)17-10-7-14(24)11-18(17)26(29)30/h2-11,15-16,20-21H,1H3/t15-,16-,20+,21+/m1/s1. The molecule has 5 rings (SSSR count). The zero-order valence-electron chi connectivity index (χ0n) is 16.0. The summed E-state index contributed by atoms with van der Waals surface area (Å²) in [6, 6.07) is 12.7. The molecule has 30 heavy (non-hydrogen) atoms. The van der Waals surface area contributed by atoms with Crippen LogP contribution in [0, 0.1) is 39.6 Å². The van der Waals surface area contributed by atoms with Gasteiger partial charge in [-0.3, -0.25) is 19.7 Å². The minimum absolute atomic E-state index is 0.171. The van der Waals surface area contributed by atoms with Gasteiger partial charge >= 0.3 is 0 Å². The predicted molar refractivity (Wildman–Crippen MR) is 108 cm³/mol. The molecule has 2 aromatic rings. The van der Waals surface area contributed by atoms with Gasteiger partial charge in [0.05, 0.1) is 22.8 Å². The molecule has 2 amide bonds. The minimum Gasteiger partial charge on any atom is -0.274 e. The van der Waals surface area contributed by atoms with E-state index in [9.17, 15) is 24.1 Å². The molecule has 2 aliphatic carbocycles. The van der Waals surface area contributed by atoms with Gasteiger partial charge in [0, 0.05) is 11.8 Å². The molecule has 4 atom stereocenters. The SMILES string of the molecule is CC(=C1[C@H]2C=C[C@H]1[C@@H]1C(=O)N(c3ccc(F)cc3[N+](=O)[O-])C(=O)[C@H]12)c1ccccc1. The van der Waals surface area contributed by atoms with E-state index in [0.29, 0.717) is 0 Å². The summed E-state index contributed by atoms with van der Waals surface area (Å²) in [7, 11) is 0. The Morgan fingerprint density at radius 1 is 1.00 bits per heavy atom. The lowest BCUT2D eigenvalue weighted by molar-refractivity contribution is -0.384. The number of carbonyl (C=O) groups is 2. The molecule has 2 aromatic carbocycles. The van der Waals surface area contributed by atoms with Crippen molar-refractivity contribution in [2.24, 2.45) is 23.7 Å². The summed E-state index contributed by atoms with van der Waals surface area (Å²) in [5, 5.41) is 11.4. The first-order chi connectivity index (χ1) is 14.4. The van der Waals surface area contributed by atoms with Gasteiger partial charge in [-0.25, -0.2) is 9.29 Å². The zero-order valence-corrected chi connectivity index (χ0v) is 16.0. The highest BCUT2D eigenvalue weighted by Crippen LogP contribution is 2.58. The Bertz CT molecular complexity index is 1140. The Labute approximate surface area is 171 Å². The molecule has 1 saturated carbocycles. The lowest BCUT2D eigenvalue weighted by Gasteiger charge is -2.20. The van der Waals surface area contributed by atoms with Gasteiger partial charge in [0.1, 0.15) is 11.5 Å². The van der Waals surface area contributed by atoms with Crippen molar-refractivity contribution < 1.29 is 18.9 Å². The van der Waals surface area contributed by atoms with Crippen molar-refractivity contribution in [3.05, 3.63) is 87.8 Å². The fourth-order valence-corrected chi connectivity index (χ4v) is 5.19. The highest BCUT2D eigenvalue weighted by molar-refractivity contribution is 6.24. The van der Waals surface area contributed by atoms with Crippen LogP contribution in [-0.2, 0) is 9.59 Å². The number of nitrogens with zero attached hydrogens (tertiary/aromatic N) is 2. The van der Waals surface area contributed by atoms with Crippen molar-refractivity contribution in [1.29, 1.82) is 0 Å². The third-order valence-corrected chi connectivity index (χ3v) is 6.43. The van der Waals surface area contributed by atoms with E-state index in [0.717, 1.165) is 39.8 Å². The molecule has 2 fully saturated rings. The zero-order chi connectivity index (χ0) is 21.2. The topological polar surface area (TPSA) is 80.5 Å². The first-order valence-electron chi connectivity index (χ1n) is 9.66. The monoisotopic (exact) mass is 404 g/mol. The van der Waals surface area contributed by atoms with Crippen LogP contribution in [0.2, 0.25) is 0 Å². The van der Waals surface area contributed by atoms with Crippen LogP contribution in [-0.4, -0.2) is 16.7 Å². The normalized spacial score (nSPS) is 26.5. The molecule has 0 unspecified atom stereocenters. The molecule has 1 saturated heterocycles. The number of hydrogen-bond acceptors (Lipinski definition) is 4. The molecule has 2 bridgehead atoms. The second-order valence-corrected chi connectivity index (χ2v) is 7.84. The molecule has 1 aliphatic heterocycles. The Morgan fingerprint density at radius 2 is 1.60 bits per heavy atom. The number of nitro benzene ring substituents is 1. The summed E-state index contributed by atoms with van der Waals surface area (Å²) in [6.45, 7) is 2.00. The molecule has 0 radical (unpaired) electrons. The molecule has 3 aliphatic rings. The maximum absolute atomic E-state index is 13.5. The summed E-state index contributed by atoms with van der Waals surface area (Å²) in [6.07, 6.45) is 3.92. The average Bonchev–Trinajstić information content (AvgIpc) is 3.38. The fourth-order valence-electron chi connectivity index (χ4n) is 5.19. The Kier molecular flexibility index (Phi) is 3.96. The summed E-state index contributed by atoms with van der Waals surface area (Å²) in [4.78, 5) is 38.1. The van der Waals surface area contributed by atoms with Gasteiger partial charge in [-0.15, -0.1) is 0 Å². The van der Waals surface area contributed by atoms with E-state index in [2.05, 4.69) is 0 Å². The van der Waals surface area contributed by atoms with Crippen LogP contribution in [0.4, 0.5) is 15.8 Å². The molecule has 7 heteroatoms. The minimum atomic E-state index is -0.796. The van der Waals surface area contributed by atoms with E-state index >= 15 is 0 Å². The molecule has 0 aromatic heterocycles. The Morgan fingerprint density at radius 3 is 2.17 bits per heavy atom. The largest absolute Gasteiger partial charge is 0.296 e. The molecule has 6 nitrogen and oxygen atoms in total. The third kappa shape index (κ3) is 2.41. The summed E-state index contributed by atoms with van der Waals surface area (Å²) < 4.78 is 13.5. The molecule has 150 valence electrons. The number of anilines is 1. The van der Waals surface area contributed by atoms with Crippen LogP contribution in [0.15, 0.2) is 66.3 Å². The van der Waals surface area contributed by atoms with Crippen LogP contribution in [0.1, 0.15) is 12.5 Å².